The van der Waals surface area contributed by atoms with Crippen molar-refractivity contribution < 1.29 is 13.2 Å². The van der Waals surface area contributed by atoms with Gasteiger partial charge >= 0.3 is 0 Å². The van der Waals surface area contributed by atoms with Gasteiger partial charge in [-0.3, -0.25) is 9.52 Å². The highest BCUT2D eigenvalue weighted by Gasteiger charge is 2.13. The van der Waals surface area contributed by atoms with Crippen LogP contribution in [0.25, 0.3) is 0 Å². The highest BCUT2D eigenvalue weighted by molar-refractivity contribution is 7.92. The van der Waals surface area contributed by atoms with E-state index in [1.807, 2.05) is 6.92 Å². The largest absolute Gasteiger partial charge is 0.325 e. The van der Waals surface area contributed by atoms with Gasteiger partial charge < -0.3 is 11.1 Å². The predicted octanol–water partition coefficient (Wildman–Crippen LogP) is 1.43. The van der Waals surface area contributed by atoms with E-state index in [0.29, 0.717) is 17.8 Å². The summed E-state index contributed by atoms with van der Waals surface area (Å²) >= 11 is 0. The van der Waals surface area contributed by atoms with Gasteiger partial charge in [-0.15, -0.1) is 0 Å². The number of benzene rings is 1. The molecule has 0 radical (unpaired) electrons. The van der Waals surface area contributed by atoms with E-state index in [1.54, 1.807) is 25.1 Å². The van der Waals surface area contributed by atoms with E-state index >= 15 is 0 Å². The van der Waals surface area contributed by atoms with Crippen LogP contribution in [0.5, 0.6) is 0 Å². The van der Waals surface area contributed by atoms with Crippen LogP contribution in [-0.2, 0) is 14.8 Å². The number of aryl methyl sites for hydroxylation is 1. The van der Waals surface area contributed by atoms with Gasteiger partial charge in [0, 0.05) is 5.69 Å². The third-order valence-corrected chi connectivity index (χ3v) is 3.32. The Morgan fingerprint density at radius 1 is 1.40 bits per heavy atom. The molecule has 0 saturated carbocycles. The molecule has 4 N–H and O–H groups in total. The van der Waals surface area contributed by atoms with E-state index in [4.69, 9.17) is 5.73 Å². The molecule has 1 amide bonds. The molecule has 20 heavy (non-hydrogen) atoms. The Morgan fingerprint density at radius 3 is 2.55 bits per heavy atom. The standard InChI is InChI=1S/C13H21N3O3S/c1-4-5-11(14)13(17)15-10-6-7-12(9(2)8-10)16-20(3,18)19/h6-8,11,16H,4-5,14H2,1-3H3,(H,15,17)/t11-/m0/s1. The van der Waals surface area contributed by atoms with E-state index < -0.39 is 16.1 Å². The van der Waals surface area contributed by atoms with Crippen LogP contribution in [0.4, 0.5) is 11.4 Å². The topological polar surface area (TPSA) is 101 Å². The second kappa shape index (κ2) is 6.71. The summed E-state index contributed by atoms with van der Waals surface area (Å²) in [5, 5.41) is 2.72. The average Bonchev–Trinajstić information content (AvgIpc) is 2.31. The van der Waals surface area contributed by atoms with Gasteiger partial charge in [0.25, 0.3) is 0 Å². The number of nitrogens with two attached hydrogens (primary N) is 1. The van der Waals surface area contributed by atoms with Crippen LogP contribution < -0.4 is 15.8 Å². The predicted molar refractivity (Wildman–Crippen MR) is 81.2 cm³/mol. The van der Waals surface area contributed by atoms with Gasteiger partial charge in [0.05, 0.1) is 18.0 Å². The molecule has 1 rings (SSSR count). The van der Waals surface area contributed by atoms with E-state index in [9.17, 15) is 13.2 Å². The van der Waals surface area contributed by atoms with Gasteiger partial charge in [-0.25, -0.2) is 8.42 Å². The van der Waals surface area contributed by atoms with Crippen molar-refractivity contribution in [1.82, 2.24) is 0 Å². The number of amides is 1. The number of nitrogens with one attached hydrogen (secondary N) is 2. The maximum atomic E-state index is 11.8. The lowest BCUT2D eigenvalue weighted by molar-refractivity contribution is -0.117. The van der Waals surface area contributed by atoms with Crippen molar-refractivity contribution in [2.24, 2.45) is 5.73 Å². The molecular formula is C13H21N3O3S. The molecule has 1 aromatic carbocycles. The van der Waals surface area contributed by atoms with Crippen LogP contribution in [0.2, 0.25) is 0 Å². The first-order valence-electron chi connectivity index (χ1n) is 6.38. The molecule has 1 aromatic rings. The summed E-state index contributed by atoms with van der Waals surface area (Å²) in [6, 6.07) is 4.41. The van der Waals surface area contributed by atoms with Crippen LogP contribution >= 0.6 is 0 Å². The van der Waals surface area contributed by atoms with Crippen molar-refractivity contribution in [3.63, 3.8) is 0 Å². The smallest absolute Gasteiger partial charge is 0.241 e. The third kappa shape index (κ3) is 5.18. The Hall–Kier alpha value is -1.60. The molecule has 0 saturated heterocycles. The third-order valence-electron chi connectivity index (χ3n) is 2.73. The minimum Gasteiger partial charge on any atom is -0.325 e. The van der Waals surface area contributed by atoms with E-state index in [0.717, 1.165) is 18.2 Å². The number of hydrogen-bond acceptors (Lipinski definition) is 4. The molecule has 0 bridgehead atoms. The Morgan fingerprint density at radius 2 is 2.05 bits per heavy atom. The summed E-state index contributed by atoms with van der Waals surface area (Å²) in [5.41, 5.74) is 7.53. The van der Waals surface area contributed by atoms with Crippen LogP contribution in [-0.4, -0.2) is 26.6 Å². The monoisotopic (exact) mass is 299 g/mol. The second-order valence-electron chi connectivity index (χ2n) is 4.79. The van der Waals surface area contributed by atoms with Gasteiger partial charge in [0.2, 0.25) is 15.9 Å². The lowest BCUT2D eigenvalue weighted by Crippen LogP contribution is -2.35. The fraction of sp³-hybridized carbons (Fsp3) is 0.462. The molecule has 0 fully saturated rings. The average molecular weight is 299 g/mol. The zero-order valence-electron chi connectivity index (χ0n) is 11.9. The lowest BCUT2D eigenvalue weighted by Gasteiger charge is -2.13. The Kier molecular flexibility index (Phi) is 5.52. The molecule has 112 valence electrons. The van der Waals surface area contributed by atoms with Crippen LogP contribution in [0.15, 0.2) is 18.2 Å². The van der Waals surface area contributed by atoms with Gasteiger partial charge in [-0.2, -0.15) is 0 Å². The minimum absolute atomic E-state index is 0.241. The number of carbonyl (C=O) groups is 1. The number of sulfonamides is 1. The van der Waals surface area contributed by atoms with Crippen LogP contribution in [0.3, 0.4) is 0 Å². The van der Waals surface area contributed by atoms with Crippen molar-refractivity contribution in [3.05, 3.63) is 23.8 Å². The Bertz CT molecular complexity index is 585. The maximum Gasteiger partial charge on any atom is 0.241 e. The number of rotatable bonds is 6. The summed E-state index contributed by atoms with van der Waals surface area (Å²) in [6.07, 6.45) is 2.55. The van der Waals surface area contributed by atoms with Crippen LogP contribution in [0, 0.1) is 6.92 Å². The molecule has 0 aliphatic carbocycles. The van der Waals surface area contributed by atoms with E-state index in [2.05, 4.69) is 10.0 Å². The molecule has 0 aliphatic heterocycles. The highest BCUT2D eigenvalue weighted by Crippen LogP contribution is 2.20. The molecule has 1 atom stereocenters. The van der Waals surface area contributed by atoms with Crippen LogP contribution in [0.1, 0.15) is 25.3 Å². The van der Waals surface area contributed by atoms with Gasteiger partial charge in [-0.1, -0.05) is 13.3 Å². The van der Waals surface area contributed by atoms with Crippen molar-refractivity contribution in [3.8, 4) is 0 Å². The van der Waals surface area contributed by atoms with Crippen molar-refractivity contribution >= 4 is 27.3 Å². The number of hydrogen-bond donors (Lipinski definition) is 3. The quantitative estimate of drug-likeness (QED) is 0.739. The highest BCUT2D eigenvalue weighted by atomic mass is 32.2. The maximum absolute atomic E-state index is 11.8. The normalized spacial score (nSPS) is 12.8. The Balaban J connectivity index is 2.80. The molecule has 7 heteroatoms. The summed E-state index contributed by atoms with van der Waals surface area (Å²) in [5.74, 6) is -0.241. The van der Waals surface area contributed by atoms with Gasteiger partial charge in [0.1, 0.15) is 0 Å². The zero-order chi connectivity index (χ0) is 15.3. The van der Waals surface area contributed by atoms with Crippen molar-refractivity contribution in [2.45, 2.75) is 32.7 Å². The molecule has 0 heterocycles. The molecule has 0 aromatic heterocycles. The molecule has 6 nitrogen and oxygen atoms in total. The van der Waals surface area contributed by atoms with Crippen molar-refractivity contribution in [2.75, 3.05) is 16.3 Å². The lowest BCUT2D eigenvalue weighted by atomic mass is 10.1. The summed E-state index contributed by atoms with van der Waals surface area (Å²) in [4.78, 5) is 11.8. The molecule has 0 aliphatic rings. The van der Waals surface area contributed by atoms with E-state index in [1.165, 1.54) is 0 Å². The number of carbonyl (C=O) groups excluding carboxylic acids is 1. The molecular weight excluding hydrogens is 278 g/mol. The van der Waals surface area contributed by atoms with Crippen molar-refractivity contribution in [1.29, 1.82) is 0 Å². The Labute approximate surface area is 119 Å². The zero-order valence-corrected chi connectivity index (χ0v) is 12.8. The number of anilines is 2. The minimum atomic E-state index is -3.31. The first-order valence-corrected chi connectivity index (χ1v) is 8.27. The molecule has 0 unspecified atom stereocenters. The van der Waals surface area contributed by atoms with Gasteiger partial charge in [0.15, 0.2) is 0 Å². The van der Waals surface area contributed by atoms with E-state index in [-0.39, 0.29) is 5.91 Å². The summed E-state index contributed by atoms with van der Waals surface area (Å²) < 4.78 is 24.8. The second-order valence-corrected chi connectivity index (χ2v) is 6.54. The summed E-state index contributed by atoms with van der Waals surface area (Å²) in [6.45, 7) is 3.72. The fourth-order valence-electron chi connectivity index (χ4n) is 1.73. The van der Waals surface area contributed by atoms with Gasteiger partial charge in [-0.05, 0) is 37.1 Å². The SMILES string of the molecule is CCC[C@H](N)C(=O)Nc1ccc(NS(C)(=O)=O)c(C)c1. The molecule has 0 spiro atoms. The first kappa shape index (κ1) is 16.5. The first-order chi connectivity index (χ1) is 9.23. The summed E-state index contributed by atoms with van der Waals surface area (Å²) in [7, 11) is -3.31. The fourth-order valence-corrected chi connectivity index (χ4v) is 2.36.